The van der Waals surface area contributed by atoms with Gasteiger partial charge in [0.05, 0.1) is 0 Å². The van der Waals surface area contributed by atoms with E-state index in [1.807, 2.05) is 0 Å². The highest BCUT2D eigenvalue weighted by Crippen LogP contribution is 2.40. The second kappa shape index (κ2) is 5.01. The summed E-state index contributed by atoms with van der Waals surface area (Å²) in [4.78, 5) is 0. The highest BCUT2D eigenvalue weighted by Gasteiger charge is 2.36. The number of nitrogens with one attached hydrogen (secondary N) is 1. The fraction of sp³-hybridized carbons (Fsp3) is 0.600. The Balaban J connectivity index is 2.27. The van der Waals surface area contributed by atoms with Gasteiger partial charge in [0.2, 0.25) is 0 Å². The molecule has 0 saturated heterocycles. The Morgan fingerprint density at radius 1 is 1.19 bits per heavy atom. The smallest absolute Gasteiger partial charge is 0.0434 e. The number of hydrogen-bond acceptors (Lipinski definition) is 1. The van der Waals surface area contributed by atoms with E-state index in [4.69, 9.17) is 0 Å². The van der Waals surface area contributed by atoms with Gasteiger partial charge in [0.25, 0.3) is 0 Å². The van der Waals surface area contributed by atoms with Crippen LogP contribution < -0.4 is 5.32 Å². The van der Waals surface area contributed by atoms with E-state index in [0.717, 1.165) is 12.5 Å². The van der Waals surface area contributed by atoms with E-state index in [0.29, 0.717) is 0 Å². The van der Waals surface area contributed by atoms with Crippen LogP contribution in [-0.4, -0.2) is 6.54 Å². The Bertz CT molecular complexity index is 313. The molecule has 0 bridgehead atoms. The van der Waals surface area contributed by atoms with Gasteiger partial charge in [0, 0.05) is 5.54 Å². The van der Waals surface area contributed by atoms with E-state index in [2.05, 4.69) is 49.5 Å². The van der Waals surface area contributed by atoms with Gasteiger partial charge in [0.15, 0.2) is 0 Å². The van der Waals surface area contributed by atoms with Crippen molar-refractivity contribution in [2.24, 2.45) is 5.92 Å². The van der Waals surface area contributed by atoms with Crippen molar-refractivity contribution in [2.45, 2.75) is 45.1 Å². The van der Waals surface area contributed by atoms with E-state index in [1.54, 1.807) is 0 Å². The third kappa shape index (κ3) is 2.15. The Labute approximate surface area is 99.3 Å². The number of benzene rings is 1. The molecule has 1 N–H and O–H groups in total. The molecule has 0 amide bonds. The lowest BCUT2D eigenvalue weighted by molar-refractivity contribution is 0.239. The summed E-state index contributed by atoms with van der Waals surface area (Å²) >= 11 is 0. The topological polar surface area (TPSA) is 12.0 Å². The van der Waals surface area contributed by atoms with Gasteiger partial charge in [-0.1, -0.05) is 50.1 Å². The van der Waals surface area contributed by atoms with Crippen LogP contribution >= 0.6 is 0 Å². The Kier molecular flexibility index (Phi) is 3.65. The van der Waals surface area contributed by atoms with Gasteiger partial charge in [-0.3, -0.25) is 0 Å². The lowest BCUT2D eigenvalue weighted by Crippen LogP contribution is -2.45. The van der Waals surface area contributed by atoms with Crippen LogP contribution in [-0.2, 0) is 5.54 Å². The quantitative estimate of drug-likeness (QED) is 0.811. The van der Waals surface area contributed by atoms with Crippen molar-refractivity contribution in [1.82, 2.24) is 5.32 Å². The van der Waals surface area contributed by atoms with Gasteiger partial charge in [-0.25, -0.2) is 0 Å². The van der Waals surface area contributed by atoms with Crippen LogP contribution in [0.5, 0.6) is 0 Å². The minimum absolute atomic E-state index is 0.173. The maximum atomic E-state index is 3.72. The molecule has 0 aromatic heterocycles. The summed E-state index contributed by atoms with van der Waals surface area (Å²) in [6, 6.07) is 10.9. The summed E-state index contributed by atoms with van der Waals surface area (Å²) in [5, 5.41) is 3.72. The summed E-state index contributed by atoms with van der Waals surface area (Å²) < 4.78 is 0. The fourth-order valence-corrected chi connectivity index (χ4v) is 3.14. The standard InChI is InChI=1S/C15H23N/c1-3-16-15(2,14-11-7-8-12-14)13-9-5-4-6-10-13/h4-6,9-10,14,16H,3,7-8,11-12H2,1-2H3. The molecule has 16 heavy (non-hydrogen) atoms. The summed E-state index contributed by atoms with van der Waals surface area (Å²) in [5.74, 6) is 0.801. The Hall–Kier alpha value is -0.820. The molecule has 0 heterocycles. The first-order chi connectivity index (χ1) is 7.77. The highest BCUT2D eigenvalue weighted by molar-refractivity contribution is 5.25. The maximum Gasteiger partial charge on any atom is 0.0434 e. The van der Waals surface area contributed by atoms with Crippen LogP contribution in [0.1, 0.15) is 45.1 Å². The molecule has 1 atom stereocenters. The zero-order chi connectivity index (χ0) is 11.4. The van der Waals surface area contributed by atoms with Crippen molar-refractivity contribution in [3.63, 3.8) is 0 Å². The normalized spacial score (nSPS) is 20.9. The molecule has 1 aromatic rings. The van der Waals surface area contributed by atoms with Gasteiger partial charge in [-0.2, -0.15) is 0 Å². The minimum Gasteiger partial charge on any atom is -0.308 e. The van der Waals surface area contributed by atoms with Crippen molar-refractivity contribution < 1.29 is 0 Å². The van der Waals surface area contributed by atoms with Gasteiger partial charge in [-0.05, 0) is 37.8 Å². The third-order valence-corrected chi connectivity index (χ3v) is 4.09. The molecule has 0 spiro atoms. The van der Waals surface area contributed by atoms with E-state index < -0.39 is 0 Å². The monoisotopic (exact) mass is 217 g/mol. The third-order valence-electron chi connectivity index (χ3n) is 4.09. The molecule has 1 unspecified atom stereocenters. The van der Waals surface area contributed by atoms with Crippen molar-refractivity contribution >= 4 is 0 Å². The van der Waals surface area contributed by atoms with E-state index in [-0.39, 0.29) is 5.54 Å². The SMILES string of the molecule is CCNC(C)(c1ccccc1)C1CCCC1. The van der Waals surface area contributed by atoms with Crippen molar-refractivity contribution in [3.05, 3.63) is 35.9 Å². The summed E-state index contributed by atoms with van der Waals surface area (Å²) in [5.41, 5.74) is 1.62. The number of hydrogen-bond donors (Lipinski definition) is 1. The molecule has 0 aliphatic heterocycles. The minimum atomic E-state index is 0.173. The fourth-order valence-electron chi connectivity index (χ4n) is 3.14. The van der Waals surface area contributed by atoms with Crippen LogP contribution in [0.15, 0.2) is 30.3 Å². The van der Waals surface area contributed by atoms with Crippen LogP contribution in [0, 0.1) is 5.92 Å². The zero-order valence-electron chi connectivity index (χ0n) is 10.5. The second-order valence-electron chi connectivity index (χ2n) is 5.08. The van der Waals surface area contributed by atoms with Gasteiger partial charge in [0.1, 0.15) is 0 Å². The molecule has 0 radical (unpaired) electrons. The van der Waals surface area contributed by atoms with Gasteiger partial charge in [-0.15, -0.1) is 0 Å². The summed E-state index contributed by atoms with van der Waals surface area (Å²) in [6.07, 6.45) is 5.55. The molecule has 2 rings (SSSR count). The van der Waals surface area contributed by atoms with Crippen molar-refractivity contribution in [3.8, 4) is 0 Å². The Morgan fingerprint density at radius 2 is 1.81 bits per heavy atom. The zero-order valence-corrected chi connectivity index (χ0v) is 10.5. The first kappa shape index (κ1) is 11.7. The predicted molar refractivity (Wildman–Crippen MR) is 69.4 cm³/mol. The average molecular weight is 217 g/mol. The first-order valence-corrected chi connectivity index (χ1v) is 6.58. The lowest BCUT2D eigenvalue weighted by Gasteiger charge is -2.37. The summed E-state index contributed by atoms with van der Waals surface area (Å²) in [6.45, 7) is 5.62. The van der Waals surface area contributed by atoms with Crippen LogP contribution in [0.4, 0.5) is 0 Å². The lowest BCUT2D eigenvalue weighted by atomic mass is 9.78. The van der Waals surface area contributed by atoms with Crippen LogP contribution in [0.25, 0.3) is 0 Å². The van der Waals surface area contributed by atoms with Crippen LogP contribution in [0.2, 0.25) is 0 Å². The molecule has 1 saturated carbocycles. The first-order valence-electron chi connectivity index (χ1n) is 6.58. The van der Waals surface area contributed by atoms with Gasteiger partial charge >= 0.3 is 0 Å². The van der Waals surface area contributed by atoms with Crippen molar-refractivity contribution in [2.75, 3.05) is 6.54 Å². The molecule has 1 aromatic carbocycles. The average Bonchev–Trinajstić information content (AvgIpc) is 2.84. The van der Waals surface area contributed by atoms with E-state index in [9.17, 15) is 0 Å². The molecule has 88 valence electrons. The summed E-state index contributed by atoms with van der Waals surface area (Å²) in [7, 11) is 0. The number of rotatable bonds is 4. The molecule has 1 fully saturated rings. The molecule has 1 aliphatic rings. The largest absolute Gasteiger partial charge is 0.308 e. The molecule has 1 aliphatic carbocycles. The molecule has 1 nitrogen and oxygen atoms in total. The van der Waals surface area contributed by atoms with Crippen molar-refractivity contribution in [1.29, 1.82) is 0 Å². The molecular formula is C15H23N. The van der Waals surface area contributed by atoms with E-state index in [1.165, 1.54) is 31.2 Å². The van der Waals surface area contributed by atoms with E-state index >= 15 is 0 Å². The molecule has 1 heteroatoms. The highest BCUT2D eigenvalue weighted by atomic mass is 15.0. The maximum absolute atomic E-state index is 3.72. The molecular weight excluding hydrogens is 194 g/mol. The predicted octanol–water partition coefficient (Wildman–Crippen LogP) is 3.70. The van der Waals surface area contributed by atoms with Gasteiger partial charge < -0.3 is 5.32 Å². The Morgan fingerprint density at radius 3 is 2.38 bits per heavy atom. The second-order valence-corrected chi connectivity index (χ2v) is 5.08. The van der Waals surface area contributed by atoms with Crippen LogP contribution in [0.3, 0.4) is 0 Å².